The molecule has 2 aromatic rings. The van der Waals surface area contributed by atoms with E-state index in [0.29, 0.717) is 16.9 Å². The molecule has 0 aliphatic carbocycles. The quantitative estimate of drug-likeness (QED) is 0.801. The van der Waals surface area contributed by atoms with E-state index in [0.717, 1.165) is 0 Å². The van der Waals surface area contributed by atoms with Crippen LogP contribution in [0.25, 0.3) is 0 Å². The van der Waals surface area contributed by atoms with Crippen LogP contribution in [0.1, 0.15) is 11.1 Å². The van der Waals surface area contributed by atoms with E-state index >= 15 is 0 Å². The summed E-state index contributed by atoms with van der Waals surface area (Å²) in [5, 5.41) is 0.271. The molecule has 23 heavy (non-hydrogen) atoms. The number of sulfonamides is 1. The fourth-order valence-electron chi connectivity index (χ4n) is 1.92. The average molecular weight is 355 g/mol. The van der Waals surface area contributed by atoms with Gasteiger partial charge in [-0.1, -0.05) is 29.8 Å². The van der Waals surface area contributed by atoms with Gasteiger partial charge in [-0.15, -0.1) is 0 Å². The minimum absolute atomic E-state index is 0.0602. The molecular formula is C15H15ClN2O4S. The van der Waals surface area contributed by atoms with Gasteiger partial charge in [-0.05, 0) is 29.3 Å². The van der Waals surface area contributed by atoms with Crippen molar-refractivity contribution in [2.24, 2.45) is 0 Å². The van der Waals surface area contributed by atoms with Gasteiger partial charge in [0.1, 0.15) is 10.9 Å². The van der Waals surface area contributed by atoms with Crippen molar-refractivity contribution < 1.29 is 17.9 Å². The molecule has 0 bridgehead atoms. The zero-order valence-corrected chi connectivity index (χ0v) is 13.9. The fraction of sp³-hybridized carbons (Fsp3) is 0.200. The van der Waals surface area contributed by atoms with Crippen molar-refractivity contribution in [2.75, 3.05) is 7.11 Å². The predicted octanol–water partition coefficient (Wildman–Crippen LogP) is 1.93. The number of pyridine rings is 1. The number of aromatic nitrogens is 1. The molecule has 1 aromatic heterocycles. The van der Waals surface area contributed by atoms with Crippen LogP contribution in [0.2, 0.25) is 5.15 Å². The highest BCUT2D eigenvalue weighted by molar-refractivity contribution is 7.89. The number of amides is 1. The third-order valence-corrected chi connectivity index (χ3v) is 4.39. The normalized spacial score (nSPS) is 11.0. The molecule has 0 spiro atoms. The maximum atomic E-state index is 12.0. The molecule has 0 atom stereocenters. The number of nitrogens with zero attached hydrogens (tertiary/aromatic N) is 1. The standard InChI is InChI=1S/C15H15ClN2O4S/c1-22-13-4-2-3-11(7-13)8-15(19)18-23(20,21)10-12-5-6-14(16)17-9-12/h2-7,9H,8,10H2,1H3,(H,18,19). The second-order valence-corrected chi connectivity index (χ2v) is 6.91. The van der Waals surface area contributed by atoms with E-state index in [1.54, 1.807) is 30.3 Å². The van der Waals surface area contributed by atoms with Crippen LogP contribution in [0.3, 0.4) is 0 Å². The van der Waals surface area contributed by atoms with Gasteiger partial charge in [-0.3, -0.25) is 9.52 Å². The lowest BCUT2D eigenvalue weighted by atomic mass is 10.1. The molecule has 6 nitrogen and oxygen atoms in total. The zero-order valence-electron chi connectivity index (χ0n) is 12.3. The van der Waals surface area contributed by atoms with Gasteiger partial charge in [0, 0.05) is 6.20 Å². The molecule has 0 saturated heterocycles. The first kappa shape index (κ1) is 17.2. The Bertz CT molecular complexity index is 791. The van der Waals surface area contributed by atoms with Crippen molar-refractivity contribution in [3.8, 4) is 5.75 Å². The highest BCUT2D eigenvalue weighted by Crippen LogP contribution is 2.13. The molecule has 0 aliphatic rings. The Hall–Kier alpha value is -2.12. The van der Waals surface area contributed by atoms with Crippen LogP contribution in [-0.2, 0) is 27.0 Å². The van der Waals surface area contributed by atoms with Crippen LogP contribution in [0.5, 0.6) is 5.75 Å². The molecule has 0 saturated carbocycles. The van der Waals surface area contributed by atoms with Gasteiger partial charge in [-0.25, -0.2) is 13.4 Å². The Balaban J connectivity index is 1.99. The van der Waals surface area contributed by atoms with Gasteiger partial charge in [0.25, 0.3) is 0 Å². The van der Waals surface area contributed by atoms with Crippen molar-refractivity contribution in [1.82, 2.24) is 9.71 Å². The van der Waals surface area contributed by atoms with E-state index in [1.165, 1.54) is 19.4 Å². The summed E-state index contributed by atoms with van der Waals surface area (Å²) < 4.78 is 31.1. The molecule has 0 unspecified atom stereocenters. The van der Waals surface area contributed by atoms with Crippen LogP contribution < -0.4 is 9.46 Å². The molecule has 1 amide bonds. The lowest BCUT2D eigenvalue weighted by Gasteiger charge is -2.08. The van der Waals surface area contributed by atoms with Crippen molar-refractivity contribution in [3.05, 3.63) is 58.9 Å². The maximum Gasteiger partial charge on any atom is 0.239 e. The maximum absolute atomic E-state index is 12.0. The number of benzene rings is 1. The average Bonchev–Trinajstić information content (AvgIpc) is 2.49. The number of hydrogen-bond acceptors (Lipinski definition) is 5. The zero-order chi connectivity index (χ0) is 16.9. The molecule has 1 N–H and O–H groups in total. The third-order valence-electron chi connectivity index (χ3n) is 2.91. The highest BCUT2D eigenvalue weighted by Gasteiger charge is 2.16. The van der Waals surface area contributed by atoms with Crippen molar-refractivity contribution in [2.45, 2.75) is 12.2 Å². The van der Waals surface area contributed by atoms with Gasteiger partial charge < -0.3 is 4.74 Å². The lowest BCUT2D eigenvalue weighted by molar-refractivity contribution is -0.118. The van der Waals surface area contributed by atoms with Crippen molar-refractivity contribution in [1.29, 1.82) is 0 Å². The van der Waals surface area contributed by atoms with Gasteiger partial charge in [0.05, 0.1) is 19.3 Å². The van der Waals surface area contributed by atoms with Crippen LogP contribution in [0, 0.1) is 0 Å². The molecule has 122 valence electrons. The van der Waals surface area contributed by atoms with E-state index in [4.69, 9.17) is 16.3 Å². The Labute approximate surface area is 139 Å². The van der Waals surface area contributed by atoms with Crippen LogP contribution in [0.4, 0.5) is 0 Å². The summed E-state index contributed by atoms with van der Waals surface area (Å²) >= 11 is 5.64. The van der Waals surface area contributed by atoms with Gasteiger partial charge in [0.15, 0.2) is 0 Å². The number of carbonyl (C=O) groups is 1. The second-order valence-electron chi connectivity index (χ2n) is 4.80. The first-order valence-corrected chi connectivity index (χ1v) is 8.68. The smallest absolute Gasteiger partial charge is 0.239 e. The molecule has 0 fully saturated rings. The van der Waals surface area contributed by atoms with Gasteiger partial charge in [-0.2, -0.15) is 0 Å². The monoisotopic (exact) mass is 354 g/mol. The molecule has 0 aliphatic heterocycles. The highest BCUT2D eigenvalue weighted by atomic mass is 35.5. The Morgan fingerprint density at radius 3 is 2.70 bits per heavy atom. The Morgan fingerprint density at radius 2 is 2.04 bits per heavy atom. The van der Waals surface area contributed by atoms with Crippen LogP contribution in [0.15, 0.2) is 42.6 Å². The second kappa shape index (κ2) is 7.43. The summed E-state index contributed by atoms with van der Waals surface area (Å²) in [6.45, 7) is 0. The number of hydrogen-bond donors (Lipinski definition) is 1. The molecular weight excluding hydrogens is 340 g/mol. The predicted molar refractivity (Wildman–Crippen MR) is 86.7 cm³/mol. The van der Waals surface area contributed by atoms with Crippen LogP contribution in [-0.4, -0.2) is 26.4 Å². The van der Waals surface area contributed by atoms with Crippen molar-refractivity contribution in [3.63, 3.8) is 0 Å². The van der Waals surface area contributed by atoms with Gasteiger partial charge in [0.2, 0.25) is 15.9 Å². The summed E-state index contributed by atoms with van der Waals surface area (Å²) in [6.07, 6.45) is 1.30. The lowest BCUT2D eigenvalue weighted by Crippen LogP contribution is -2.32. The summed E-state index contributed by atoms with van der Waals surface area (Å²) in [6, 6.07) is 9.90. The number of carbonyl (C=O) groups excluding carboxylic acids is 1. The fourth-order valence-corrected chi connectivity index (χ4v) is 3.14. The minimum atomic E-state index is -3.80. The summed E-state index contributed by atoms with van der Waals surface area (Å²) in [5.74, 6) is -0.355. The van der Waals surface area contributed by atoms with Gasteiger partial charge >= 0.3 is 0 Å². The largest absolute Gasteiger partial charge is 0.497 e. The first-order chi connectivity index (χ1) is 10.9. The summed E-state index contributed by atoms with van der Waals surface area (Å²) in [4.78, 5) is 15.7. The SMILES string of the molecule is COc1cccc(CC(=O)NS(=O)(=O)Cc2ccc(Cl)nc2)c1. The summed E-state index contributed by atoms with van der Waals surface area (Å²) in [7, 11) is -2.28. The van der Waals surface area contributed by atoms with E-state index in [-0.39, 0.29) is 17.3 Å². The number of ether oxygens (including phenoxy) is 1. The molecule has 1 heterocycles. The van der Waals surface area contributed by atoms with E-state index in [1.807, 2.05) is 4.72 Å². The molecule has 0 radical (unpaired) electrons. The van der Waals surface area contributed by atoms with Crippen molar-refractivity contribution >= 4 is 27.5 Å². The first-order valence-electron chi connectivity index (χ1n) is 6.64. The van der Waals surface area contributed by atoms with E-state index in [2.05, 4.69) is 4.98 Å². The number of rotatable bonds is 6. The third kappa shape index (κ3) is 5.54. The molecule has 2 rings (SSSR count). The van der Waals surface area contributed by atoms with E-state index in [9.17, 15) is 13.2 Å². The van der Waals surface area contributed by atoms with E-state index < -0.39 is 15.9 Å². The Kier molecular flexibility index (Phi) is 5.57. The molecule has 1 aromatic carbocycles. The number of methoxy groups -OCH3 is 1. The summed E-state index contributed by atoms with van der Waals surface area (Å²) in [5.41, 5.74) is 1.10. The molecule has 8 heteroatoms. The Morgan fingerprint density at radius 1 is 1.26 bits per heavy atom. The number of nitrogens with one attached hydrogen (secondary N) is 1. The van der Waals surface area contributed by atoms with Crippen LogP contribution >= 0.6 is 11.6 Å². The number of halogens is 1. The topological polar surface area (TPSA) is 85.4 Å². The minimum Gasteiger partial charge on any atom is -0.497 e.